The molecule has 110 valence electrons. The van der Waals surface area contributed by atoms with Crippen LogP contribution in [0.1, 0.15) is 24.2 Å². The van der Waals surface area contributed by atoms with Crippen molar-refractivity contribution in [3.63, 3.8) is 0 Å². The van der Waals surface area contributed by atoms with Gasteiger partial charge in [-0.15, -0.1) is 0 Å². The van der Waals surface area contributed by atoms with E-state index >= 15 is 0 Å². The molecule has 1 fully saturated rings. The highest BCUT2D eigenvalue weighted by atomic mass is 19.1. The van der Waals surface area contributed by atoms with Crippen LogP contribution in [0.15, 0.2) is 18.2 Å². The van der Waals surface area contributed by atoms with E-state index in [1.165, 1.54) is 11.0 Å². The van der Waals surface area contributed by atoms with E-state index in [0.29, 0.717) is 19.0 Å². The molecule has 1 heterocycles. The zero-order chi connectivity index (χ0) is 14.7. The van der Waals surface area contributed by atoms with Crippen molar-refractivity contribution >= 4 is 5.91 Å². The summed E-state index contributed by atoms with van der Waals surface area (Å²) < 4.78 is 27.2. The second kappa shape index (κ2) is 6.31. The van der Waals surface area contributed by atoms with E-state index in [2.05, 4.69) is 18.7 Å². The van der Waals surface area contributed by atoms with Crippen molar-refractivity contribution in [2.75, 3.05) is 32.7 Å². The number of rotatable bonds is 3. The third-order valence-electron chi connectivity index (χ3n) is 3.46. The van der Waals surface area contributed by atoms with Gasteiger partial charge in [-0.3, -0.25) is 9.69 Å². The van der Waals surface area contributed by atoms with Crippen LogP contribution in [0.4, 0.5) is 8.78 Å². The molecule has 5 heteroatoms. The molecule has 1 aromatic carbocycles. The van der Waals surface area contributed by atoms with Crippen molar-refractivity contribution in [3.05, 3.63) is 35.4 Å². The van der Waals surface area contributed by atoms with Crippen molar-refractivity contribution in [2.45, 2.75) is 13.8 Å². The van der Waals surface area contributed by atoms with Gasteiger partial charge in [0.2, 0.25) is 0 Å². The minimum absolute atomic E-state index is 0.440. The maximum Gasteiger partial charge on any atom is 0.259 e. The smallest absolute Gasteiger partial charge is 0.259 e. The largest absolute Gasteiger partial charge is 0.336 e. The molecule has 1 aromatic rings. The summed E-state index contributed by atoms with van der Waals surface area (Å²) in [6.07, 6.45) is 0. The lowest BCUT2D eigenvalue weighted by Crippen LogP contribution is -2.49. The predicted molar refractivity (Wildman–Crippen MR) is 73.5 cm³/mol. The molecule has 0 atom stereocenters. The predicted octanol–water partition coefficient (Wildman–Crippen LogP) is 2.38. The number of carbonyl (C=O) groups is 1. The van der Waals surface area contributed by atoms with Crippen LogP contribution in [0, 0.1) is 17.6 Å². The number of benzene rings is 1. The topological polar surface area (TPSA) is 23.6 Å². The molecule has 0 aromatic heterocycles. The SMILES string of the molecule is CC(C)CN1CCN(C(=O)c2c(F)cccc2F)CC1. The zero-order valence-electron chi connectivity index (χ0n) is 11.9. The Labute approximate surface area is 118 Å². The fourth-order valence-corrected chi connectivity index (χ4v) is 2.51. The maximum atomic E-state index is 13.6. The van der Waals surface area contributed by atoms with Gasteiger partial charge in [0.15, 0.2) is 0 Å². The second-order valence-corrected chi connectivity index (χ2v) is 5.58. The molecule has 1 amide bonds. The Morgan fingerprint density at radius 1 is 1.15 bits per heavy atom. The van der Waals surface area contributed by atoms with E-state index in [1.54, 1.807) is 0 Å². The van der Waals surface area contributed by atoms with Gasteiger partial charge in [-0.05, 0) is 18.1 Å². The van der Waals surface area contributed by atoms with Crippen LogP contribution in [-0.2, 0) is 0 Å². The van der Waals surface area contributed by atoms with E-state index in [0.717, 1.165) is 31.8 Å². The first-order valence-corrected chi connectivity index (χ1v) is 6.94. The molecule has 20 heavy (non-hydrogen) atoms. The molecule has 0 radical (unpaired) electrons. The number of hydrogen-bond donors (Lipinski definition) is 0. The third kappa shape index (κ3) is 3.33. The first kappa shape index (κ1) is 14.9. The molecule has 0 aliphatic carbocycles. The molecule has 1 aliphatic heterocycles. The molecule has 0 spiro atoms. The van der Waals surface area contributed by atoms with Gasteiger partial charge in [0.1, 0.15) is 17.2 Å². The Morgan fingerprint density at radius 3 is 2.20 bits per heavy atom. The summed E-state index contributed by atoms with van der Waals surface area (Å²) in [6, 6.07) is 3.50. The van der Waals surface area contributed by atoms with E-state index in [-0.39, 0.29) is 0 Å². The van der Waals surface area contributed by atoms with Crippen LogP contribution in [0.3, 0.4) is 0 Å². The maximum absolute atomic E-state index is 13.6. The molecule has 0 bridgehead atoms. The molecular weight excluding hydrogens is 262 g/mol. The van der Waals surface area contributed by atoms with Gasteiger partial charge in [-0.1, -0.05) is 19.9 Å². The van der Waals surface area contributed by atoms with Crippen molar-refractivity contribution < 1.29 is 13.6 Å². The number of halogens is 2. The Morgan fingerprint density at radius 2 is 1.70 bits per heavy atom. The Kier molecular flexibility index (Phi) is 4.70. The Bertz CT molecular complexity index is 463. The summed E-state index contributed by atoms with van der Waals surface area (Å²) in [5, 5.41) is 0. The van der Waals surface area contributed by atoms with Crippen LogP contribution < -0.4 is 0 Å². The van der Waals surface area contributed by atoms with Crippen LogP contribution >= 0.6 is 0 Å². The average molecular weight is 282 g/mol. The molecule has 2 rings (SSSR count). The fraction of sp³-hybridized carbons (Fsp3) is 0.533. The van der Waals surface area contributed by atoms with Gasteiger partial charge >= 0.3 is 0 Å². The number of carbonyl (C=O) groups excluding carboxylic acids is 1. The second-order valence-electron chi connectivity index (χ2n) is 5.58. The molecule has 1 aliphatic rings. The quantitative estimate of drug-likeness (QED) is 0.850. The molecular formula is C15H20F2N2O. The first-order chi connectivity index (χ1) is 9.49. The van der Waals surface area contributed by atoms with Crippen LogP contribution in [-0.4, -0.2) is 48.4 Å². The number of piperazine rings is 1. The molecule has 0 unspecified atom stereocenters. The van der Waals surface area contributed by atoms with Gasteiger partial charge in [0, 0.05) is 32.7 Å². The monoisotopic (exact) mass is 282 g/mol. The molecule has 3 nitrogen and oxygen atoms in total. The summed E-state index contributed by atoms with van der Waals surface area (Å²) in [7, 11) is 0. The van der Waals surface area contributed by atoms with Gasteiger partial charge < -0.3 is 4.90 Å². The summed E-state index contributed by atoms with van der Waals surface area (Å²) >= 11 is 0. The molecule has 1 saturated heterocycles. The van der Waals surface area contributed by atoms with Crippen molar-refractivity contribution in [3.8, 4) is 0 Å². The van der Waals surface area contributed by atoms with Crippen LogP contribution in [0.25, 0.3) is 0 Å². The Hall–Kier alpha value is -1.49. The summed E-state index contributed by atoms with van der Waals surface area (Å²) in [6.45, 7) is 7.80. The highest BCUT2D eigenvalue weighted by Gasteiger charge is 2.26. The summed E-state index contributed by atoms with van der Waals surface area (Å²) in [5.41, 5.74) is -0.440. The lowest BCUT2D eigenvalue weighted by atomic mass is 10.1. The lowest BCUT2D eigenvalue weighted by molar-refractivity contribution is 0.0614. The first-order valence-electron chi connectivity index (χ1n) is 6.94. The van der Waals surface area contributed by atoms with Crippen LogP contribution in [0.2, 0.25) is 0 Å². The highest BCUT2D eigenvalue weighted by Crippen LogP contribution is 2.16. The number of nitrogens with zero attached hydrogens (tertiary/aromatic N) is 2. The van der Waals surface area contributed by atoms with Crippen LogP contribution in [0.5, 0.6) is 0 Å². The lowest BCUT2D eigenvalue weighted by Gasteiger charge is -2.35. The Balaban J connectivity index is 2.02. The van der Waals surface area contributed by atoms with Gasteiger partial charge in [-0.25, -0.2) is 8.78 Å². The van der Waals surface area contributed by atoms with E-state index in [9.17, 15) is 13.6 Å². The fourth-order valence-electron chi connectivity index (χ4n) is 2.51. The summed E-state index contributed by atoms with van der Waals surface area (Å²) in [5.74, 6) is -1.56. The van der Waals surface area contributed by atoms with Gasteiger partial charge in [-0.2, -0.15) is 0 Å². The standard InChI is InChI=1S/C15H20F2N2O/c1-11(2)10-18-6-8-19(9-7-18)15(20)14-12(16)4-3-5-13(14)17/h3-5,11H,6-10H2,1-2H3. The van der Waals surface area contributed by atoms with E-state index in [1.807, 2.05) is 0 Å². The molecule has 0 N–H and O–H groups in total. The normalized spacial score (nSPS) is 16.8. The van der Waals surface area contributed by atoms with Gasteiger partial charge in [0.05, 0.1) is 0 Å². The number of amides is 1. The molecule has 0 saturated carbocycles. The van der Waals surface area contributed by atoms with Crippen molar-refractivity contribution in [1.82, 2.24) is 9.80 Å². The minimum atomic E-state index is -0.792. The third-order valence-corrected chi connectivity index (χ3v) is 3.46. The highest BCUT2D eigenvalue weighted by molar-refractivity contribution is 5.94. The van der Waals surface area contributed by atoms with E-state index < -0.39 is 23.1 Å². The zero-order valence-corrected chi connectivity index (χ0v) is 11.9. The summed E-state index contributed by atoms with van der Waals surface area (Å²) in [4.78, 5) is 16.0. The minimum Gasteiger partial charge on any atom is -0.336 e. The number of hydrogen-bond acceptors (Lipinski definition) is 2. The van der Waals surface area contributed by atoms with Gasteiger partial charge in [0.25, 0.3) is 5.91 Å². The van der Waals surface area contributed by atoms with E-state index in [4.69, 9.17) is 0 Å². The van der Waals surface area contributed by atoms with Crippen molar-refractivity contribution in [1.29, 1.82) is 0 Å². The average Bonchev–Trinajstić information content (AvgIpc) is 2.38. The van der Waals surface area contributed by atoms with Crippen molar-refractivity contribution in [2.24, 2.45) is 5.92 Å².